The molecule has 8 nitrogen and oxygen atoms in total. The molecule has 2 amide bonds. The monoisotopic (exact) mass is 635 g/mol. The van der Waals surface area contributed by atoms with Crippen LogP contribution in [0.25, 0.3) is 10.8 Å². The van der Waals surface area contributed by atoms with E-state index in [4.69, 9.17) is 37.4 Å². The third-order valence-electron chi connectivity index (χ3n) is 6.75. The van der Waals surface area contributed by atoms with Gasteiger partial charge >= 0.3 is 0 Å². The normalized spacial score (nSPS) is 12.6. The molecule has 0 aliphatic carbocycles. The number of carbonyl (C=O) groups is 2. The van der Waals surface area contributed by atoms with Gasteiger partial charge in [0.05, 0.1) is 18.3 Å². The molecule has 0 radical (unpaired) electrons. The molecule has 4 aromatic rings. The fourth-order valence-corrected chi connectivity index (χ4v) is 4.97. The van der Waals surface area contributed by atoms with Crippen LogP contribution in [0.15, 0.2) is 84.0 Å². The molecule has 0 aromatic heterocycles. The number of hydrogen-bond donors (Lipinski definition) is 2. The van der Waals surface area contributed by atoms with Crippen molar-refractivity contribution in [3.8, 4) is 17.2 Å². The summed E-state index contributed by atoms with van der Waals surface area (Å²) in [5.74, 6) is 0.626. The van der Waals surface area contributed by atoms with Crippen LogP contribution in [0, 0.1) is 5.92 Å². The van der Waals surface area contributed by atoms with Gasteiger partial charge in [0, 0.05) is 5.02 Å². The van der Waals surface area contributed by atoms with Crippen LogP contribution >= 0.6 is 23.2 Å². The maximum atomic E-state index is 13.0. The van der Waals surface area contributed by atoms with Crippen molar-refractivity contribution in [1.29, 1.82) is 0 Å². The number of carbonyl (C=O) groups excluding carboxylic acids is 2. The van der Waals surface area contributed by atoms with E-state index in [2.05, 4.69) is 34.0 Å². The minimum Gasteiger partial charge on any atom is -0.493 e. The smallest absolute Gasteiger partial charge is 0.262 e. The highest BCUT2D eigenvalue weighted by molar-refractivity contribution is 6.35. The van der Waals surface area contributed by atoms with E-state index in [0.717, 1.165) is 16.3 Å². The lowest BCUT2D eigenvalue weighted by molar-refractivity contribution is -0.132. The van der Waals surface area contributed by atoms with Gasteiger partial charge in [0.25, 0.3) is 11.8 Å². The summed E-state index contributed by atoms with van der Waals surface area (Å²) in [5.41, 5.74) is 4.28. The highest BCUT2D eigenvalue weighted by Gasteiger charge is 2.25. The number of amides is 2. The highest BCUT2D eigenvalue weighted by Crippen LogP contribution is 2.30. The van der Waals surface area contributed by atoms with Crippen molar-refractivity contribution >= 4 is 52.0 Å². The predicted molar refractivity (Wildman–Crippen MR) is 175 cm³/mol. The topological polar surface area (TPSA) is 98.2 Å². The number of rotatable bonds is 13. The average Bonchev–Trinajstić information content (AvgIpc) is 3.00. The maximum Gasteiger partial charge on any atom is 0.262 e. The molecule has 0 bridgehead atoms. The number of benzene rings is 4. The summed E-state index contributed by atoms with van der Waals surface area (Å²) in [4.78, 5) is 25.9. The summed E-state index contributed by atoms with van der Waals surface area (Å²) in [6.07, 6.45) is 0.989. The van der Waals surface area contributed by atoms with Crippen LogP contribution in [0.1, 0.15) is 38.3 Å². The largest absolute Gasteiger partial charge is 0.493 e. The van der Waals surface area contributed by atoms with E-state index in [9.17, 15) is 9.59 Å². The second-order valence-corrected chi connectivity index (χ2v) is 11.4. The molecule has 4 aromatic carbocycles. The molecule has 0 unspecified atom stereocenters. The van der Waals surface area contributed by atoms with Gasteiger partial charge in [-0.2, -0.15) is 5.10 Å². The van der Waals surface area contributed by atoms with E-state index in [1.807, 2.05) is 44.2 Å². The van der Waals surface area contributed by atoms with Crippen molar-refractivity contribution in [2.45, 2.75) is 45.9 Å². The molecule has 2 atom stereocenters. The SMILES string of the molecule is COc1cc(/C=N\NC(=O)[C@@H](CC(C)C)NC(=O)[C@H](C)Oc2ccc(Cl)cc2Cl)ccc1OCc1cccc2ccccc12. The molecular weight excluding hydrogens is 601 g/mol. The van der Waals surface area contributed by atoms with Crippen LogP contribution in [-0.2, 0) is 16.2 Å². The van der Waals surface area contributed by atoms with Gasteiger partial charge in [-0.25, -0.2) is 5.43 Å². The molecule has 230 valence electrons. The van der Waals surface area contributed by atoms with Gasteiger partial charge in [-0.3, -0.25) is 9.59 Å². The Morgan fingerprint density at radius 1 is 0.886 bits per heavy atom. The second-order valence-electron chi connectivity index (χ2n) is 10.6. The van der Waals surface area contributed by atoms with Crippen molar-refractivity contribution in [2.75, 3.05) is 7.11 Å². The third kappa shape index (κ3) is 8.88. The first-order valence-electron chi connectivity index (χ1n) is 14.2. The summed E-state index contributed by atoms with van der Waals surface area (Å²) in [7, 11) is 1.56. The molecule has 10 heteroatoms. The zero-order valence-electron chi connectivity index (χ0n) is 25.0. The molecule has 2 N–H and O–H groups in total. The Labute approximate surface area is 267 Å². The summed E-state index contributed by atoms with van der Waals surface area (Å²) >= 11 is 12.1. The van der Waals surface area contributed by atoms with Gasteiger partial charge in [0.2, 0.25) is 0 Å². The lowest BCUT2D eigenvalue weighted by Gasteiger charge is -2.22. The van der Waals surface area contributed by atoms with E-state index >= 15 is 0 Å². The molecule has 0 spiro atoms. The second kappa shape index (κ2) is 15.5. The van der Waals surface area contributed by atoms with Crippen molar-refractivity contribution in [1.82, 2.24) is 10.7 Å². The highest BCUT2D eigenvalue weighted by atomic mass is 35.5. The lowest BCUT2D eigenvalue weighted by Crippen LogP contribution is -2.49. The van der Waals surface area contributed by atoms with Gasteiger partial charge < -0.3 is 19.5 Å². The molecular formula is C34H35Cl2N3O5. The van der Waals surface area contributed by atoms with Gasteiger partial charge in [0.15, 0.2) is 17.6 Å². The van der Waals surface area contributed by atoms with Crippen molar-refractivity contribution in [2.24, 2.45) is 11.0 Å². The van der Waals surface area contributed by atoms with E-state index < -0.39 is 24.0 Å². The molecule has 0 fully saturated rings. The van der Waals surface area contributed by atoms with Gasteiger partial charge in [-0.1, -0.05) is 79.5 Å². The summed E-state index contributed by atoms with van der Waals surface area (Å²) < 4.78 is 17.3. The van der Waals surface area contributed by atoms with Gasteiger partial charge in [-0.15, -0.1) is 0 Å². The molecule has 0 aliphatic rings. The van der Waals surface area contributed by atoms with E-state index in [-0.39, 0.29) is 10.9 Å². The Hall–Kier alpha value is -4.27. The van der Waals surface area contributed by atoms with E-state index in [1.165, 1.54) is 12.3 Å². The number of methoxy groups -OCH3 is 1. The van der Waals surface area contributed by atoms with Crippen molar-refractivity contribution in [3.05, 3.63) is 100 Å². The summed E-state index contributed by atoms with van der Waals surface area (Å²) in [6, 6.07) is 23.5. The number of nitrogens with one attached hydrogen (secondary N) is 2. The Morgan fingerprint density at radius 3 is 2.39 bits per heavy atom. The van der Waals surface area contributed by atoms with E-state index in [0.29, 0.717) is 40.9 Å². The first-order chi connectivity index (χ1) is 21.1. The van der Waals surface area contributed by atoms with Crippen molar-refractivity contribution in [3.63, 3.8) is 0 Å². The lowest BCUT2D eigenvalue weighted by atomic mass is 10.0. The third-order valence-corrected chi connectivity index (χ3v) is 7.28. The average molecular weight is 637 g/mol. The summed E-state index contributed by atoms with van der Waals surface area (Å²) in [5, 5.41) is 9.88. The number of halogens is 2. The fourth-order valence-electron chi connectivity index (χ4n) is 4.51. The Bertz CT molecular complexity index is 1640. The van der Waals surface area contributed by atoms with Crippen LogP contribution in [0.2, 0.25) is 10.0 Å². The molecule has 0 saturated heterocycles. The number of hydrazone groups is 1. The first-order valence-corrected chi connectivity index (χ1v) is 14.9. The van der Waals surface area contributed by atoms with Crippen molar-refractivity contribution < 1.29 is 23.8 Å². The Kier molecular flexibility index (Phi) is 11.5. The zero-order valence-corrected chi connectivity index (χ0v) is 26.5. The molecule has 0 aliphatic heterocycles. The quantitative estimate of drug-likeness (QED) is 0.120. The minimum absolute atomic E-state index is 0.127. The first kappa shape index (κ1) is 32.6. The zero-order chi connectivity index (χ0) is 31.6. The molecule has 4 rings (SSSR count). The molecule has 0 saturated carbocycles. The fraction of sp³-hybridized carbons (Fsp3) is 0.265. The van der Waals surface area contributed by atoms with Gasteiger partial charge in [-0.05, 0) is 77.6 Å². The number of hydrogen-bond acceptors (Lipinski definition) is 6. The van der Waals surface area contributed by atoms with Crippen LogP contribution in [0.4, 0.5) is 0 Å². The predicted octanol–water partition coefficient (Wildman–Crippen LogP) is 7.18. The van der Waals surface area contributed by atoms with E-state index in [1.54, 1.807) is 38.3 Å². The molecule has 0 heterocycles. The minimum atomic E-state index is -0.909. The Morgan fingerprint density at radius 2 is 1.64 bits per heavy atom. The van der Waals surface area contributed by atoms with Crippen LogP contribution in [0.3, 0.4) is 0 Å². The number of fused-ring (bicyclic) bond motifs is 1. The van der Waals surface area contributed by atoms with Crippen LogP contribution in [0.5, 0.6) is 17.2 Å². The number of nitrogens with zero attached hydrogens (tertiary/aromatic N) is 1. The standard InChI is InChI=1S/C34H35Cl2N3O5/c1-21(2)16-29(38-33(40)22(3)44-30-15-13-26(35)18-28(30)36)34(41)39-37-19-23-12-14-31(32(17-23)42-4)43-20-25-10-7-9-24-8-5-6-11-27(24)25/h5-15,17-19,21-22,29H,16,20H2,1-4H3,(H,38,40)(H,39,41)/b37-19-/t22-,29+/m0/s1. The maximum absolute atomic E-state index is 13.0. The summed E-state index contributed by atoms with van der Waals surface area (Å²) in [6.45, 7) is 5.87. The Balaban J connectivity index is 1.36. The van der Waals surface area contributed by atoms with Gasteiger partial charge in [0.1, 0.15) is 18.4 Å². The number of ether oxygens (including phenoxy) is 3. The van der Waals surface area contributed by atoms with Crippen LogP contribution < -0.4 is 25.0 Å². The molecule has 44 heavy (non-hydrogen) atoms. The van der Waals surface area contributed by atoms with Crippen LogP contribution in [-0.4, -0.2) is 37.3 Å².